The van der Waals surface area contributed by atoms with Crippen LogP contribution in [0.25, 0.3) is 0 Å². The molecule has 5 nitrogen and oxygen atoms in total. The van der Waals surface area contributed by atoms with Crippen molar-refractivity contribution in [3.8, 4) is 0 Å². The number of anilines is 1. The summed E-state index contributed by atoms with van der Waals surface area (Å²) in [6.45, 7) is 4.08. The number of benzene rings is 1. The van der Waals surface area contributed by atoms with Crippen molar-refractivity contribution < 1.29 is 9.59 Å². The Hall–Kier alpha value is -2.43. The number of hydrogen-bond donors (Lipinski definition) is 0. The third-order valence-corrected chi connectivity index (χ3v) is 3.74. The van der Waals surface area contributed by atoms with E-state index in [1.54, 1.807) is 6.20 Å². The fourth-order valence-electron chi connectivity index (χ4n) is 2.60. The number of carbonyl (C=O) groups is 2. The third-order valence-electron chi connectivity index (χ3n) is 3.74. The van der Waals surface area contributed by atoms with E-state index in [9.17, 15) is 9.59 Å². The maximum Gasteiger partial charge on any atom is 0.299 e. The number of aryl methyl sites for hydroxylation is 3. The van der Waals surface area contributed by atoms with E-state index in [0.29, 0.717) is 12.1 Å². The lowest BCUT2D eigenvalue weighted by molar-refractivity contribution is -0.114. The van der Waals surface area contributed by atoms with E-state index in [1.807, 2.05) is 43.8 Å². The fraction of sp³-hybridized carbons (Fsp3) is 0.267. The molecule has 1 aromatic carbocycles. The predicted octanol–water partition coefficient (Wildman–Crippen LogP) is 1.77. The standard InChI is InChI=1S/C15H15N3O2/c1-9-4-5-10(2)13-12(9)14(19)15(20)18(13)8-11-16-6-7-17(11)3/h4-7H,8H2,1-3H3. The van der Waals surface area contributed by atoms with Crippen LogP contribution in [0, 0.1) is 13.8 Å². The van der Waals surface area contributed by atoms with Crippen molar-refractivity contribution in [1.29, 1.82) is 0 Å². The minimum absolute atomic E-state index is 0.311. The molecular formula is C15H15N3O2. The van der Waals surface area contributed by atoms with Gasteiger partial charge in [-0.25, -0.2) is 4.98 Å². The van der Waals surface area contributed by atoms with E-state index in [0.717, 1.165) is 22.6 Å². The lowest BCUT2D eigenvalue weighted by Gasteiger charge is -2.18. The topological polar surface area (TPSA) is 55.2 Å². The van der Waals surface area contributed by atoms with Gasteiger partial charge in [-0.05, 0) is 25.0 Å². The van der Waals surface area contributed by atoms with E-state index in [1.165, 1.54) is 4.90 Å². The van der Waals surface area contributed by atoms with Crippen LogP contribution >= 0.6 is 0 Å². The Balaban J connectivity index is 2.11. The van der Waals surface area contributed by atoms with E-state index in [-0.39, 0.29) is 0 Å². The van der Waals surface area contributed by atoms with E-state index >= 15 is 0 Å². The van der Waals surface area contributed by atoms with Crippen LogP contribution in [0.3, 0.4) is 0 Å². The Bertz CT molecular complexity index is 731. The minimum atomic E-state index is -0.472. The summed E-state index contributed by atoms with van der Waals surface area (Å²) in [5.41, 5.74) is 3.03. The summed E-state index contributed by atoms with van der Waals surface area (Å²) >= 11 is 0. The molecule has 102 valence electrons. The SMILES string of the molecule is Cc1ccc(C)c2c1C(=O)C(=O)N2Cc1nccn1C. The molecule has 0 fully saturated rings. The zero-order valence-corrected chi connectivity index (χ0v) is 11.7. The van der Waals surface area contributed by atoms with E-state index in [4.69, 9.17) is 0 Å². The zero-order valence-electron chi connectivity index (χ0n) is 11.7. The largest absolute Gasteiger partial charge is 0.337 e. The Morgan fingerprint density at radius 2 is 1.85 bits per heavy atom. The lowest BCUT2D eigenvalue weighted by Crippen LogP contribution is -2.30. The molecule has 1 aliphatic heterocycles. The van der Waals surface area contributed by atoms with Gasteiger partial charge in [0.05, 0.1) is 17.8 Å². The second-order valence-electron chi connectivity index (χ2n) is 5.10. The van der Waals surface area contributed by atoms with Gasteiger partial charge in [0.2, 0.25) is 0 Å². The highest BCUT2D eigenvalue weighted by molar-refractivity contribution is 6.52. The molecule has 2 heterocycles. The van der Waals surface area contributed by atoms with Crippen LogP contribution in [0.2, 0.25) is 0 Å². The first-order chi connectivity index (χ1) is 9.50. The van der Waals surface area contributed by atoms with Crippen LogP contribution in [-0.2, 0) is 18.4 Å². The molecule has 0 N–H and O–H groups in total. The molecule has 0 atom stereocenters. The summed E-state index contributed by atoms with van der Waals surface area (Å²) in [7, 11) is 1.87. The van der Waals surface area contributed by atoms with Crippen molar-refractivity contribution >= 4 is 17.4 Å². The Morgan fingerprint density at radius 3 is 2.50 bits per heavy atom. The molecule has 2 aromatic rings. The molecule has 0 saturated heterocycles. The van der Waals surface area contributed by atoms with Crippen molar-refractivity contribution in [2.24, 2.45) is 7.05 Å². The number of Topliss-reactive ketones (excluding diaryl/α,β-unsaturated/α-hetero) is 1. The van der Waals surface area contributed by atoms with Crippen molar-refractivity contribution in [2.45, 2.75) is 20.4 Å². The molecule has 5 heteroatoms. The van der Waals surface area contributed by atoms with E-state index < -0.39 is 11.7 Å². The first-order valence-corrected chi connectivity index (χ1v) is 6.43. The molecule has 0 aliphatic carbocycles. The summed E-state index contributed by atoms with van der Waals surface area (Å²) in [5, 5.41) is 0. The minimum Gasteiger partial charge on any atom is -0.337 e. The third kappa shape index (κ3) is 1.66. The summed E-state index contributed by atoms with van der Waals surface area (Å²) in [6, 6.07) is 3.81. The zero-order chi connectivity index (χ0) is 14.4. The highest BCUT2D eigenvalue weighted by Crippen LogP contribution is 2.35. The van der Waals surface area contributed by atoms with Gasteiger partial charge in [-0.1, -0.05) is 12.1 Å². The number of nitrogens with zero attached hydrogens (tertiary/aromatic N) is 3. The van der Waals surface area contributed by atoms with Gasteiger partial charge in [-0.2, -0.15) is 0 Å². The molecule has 0 bridgehead atoms. The Morgan fingerprint density at radius 1 is 1.15 bits per heavy atom. The smallest absolute Gasteiger partial charge is 0.299 e. The molecule has 20 heavy (non-hydrogen) atoms. The highest BCUT2D eigenvalue weighted by atomic mass is 16.2. The number of rotatable bonds is 2. The van der Waals surface area contributed by atoms with Crippen LogP contribution in [0.15, 0.2) is 24.5 Å². The first-order valence-electron chi connectivity index (χ1n) is 6.43. The van der Waals surface area contributed by atoms with Crippen molar-refractivity contribution in [3.63, 3.8) is 0 Å². The summed E-state index contributed by atoms with van der Waals surface area (Å²) in [4.78, 5) is 30.2. The monoisotopic (exact) mass is 269 g/mol. The maximum absolute atomic E-state index is 12.2. The van der Waals surface area contributed by atoms with Crippen LogP contribution < -0.4 is 4.90 Å². The average Bonchev–Trinajstić information content (AvgIpc) is 2.92. The van der Waals surface area contributed by atoms with E-state index in [2.05, 4.69) is 4.98 Å². The number of hydrogen-bond acceptors (Lipinski definition) is 3. The number of ketones is 1. The number of aromatic nitrogens is 2. The first kappa shape index (κ1) is 12.6. The lowest BCUT2D eigenvalue weighted by atomic mass is 10.0. The summed E-state index contributed by atoms with van der Waals surface area (Å²) < 4.78 is 1.85. The van der Waals surface area contributed by atoms with Crippen molar-refractivity contribution in [3.05, 3.63) is 47.0 Å². The van der Waals surface area contributed by atoms with Crippen LogP contribution in [0.1, 0.15) is 27.3 Å². The quantitative estimate of drug-likeness (QED) is 0.781. The molecule has 0 saturated carbocycles. The Kier molecular flexibility index (Phi) is 2.71. The number of amides is 1. The molecule has 1 amide bonds. The van der Waals surface area contributed by atoms with Crippen molar-refractivity contribution in [1.82, 2.24) is 9.55 Å². The fourth-order valence-corrected chi connectivity index (χ4v) is 2.60. The van der Waals surface area contributed by atoms with Gasteiger partial charge >= 0.3 is 0 Å². The highest BCUT2D eigenvalue weighted by Gasteiger charge is 2.38. The normalized spacial score (nSPS) is 14.1. The molecule has 1 aliphatic rings. The molecule has 0 spiro atoms. The molecule has 0 unspecified atom stereocenters. The van der Waals surface area contributed by atoms with Gasteiger partial charge in [-0.15, -0.1) is 0 Å². The summed E-state index contributed by atoms with van der Waals surface area (Å²) in [6.07, 6.45) is 3.50. The van der Waals surface area contributed by atoms with Gasteiger partial charge < -0.3 is 4.57 Å². The van der Waals surface area contributed by atoms with Crippen LogP contribution in [-0.4, -0.2) is 21.2 Å². The molecule has 1 aromatic heterocycles. The number of fused-ring (bicyclic) bond motifs is 1. The average molecular weight is 269 g/mol. The molecular weight excluding hydrogens is 254 g/mol. The second-order valence-corrected chi connectivity index (χ2v) is 5.10. The van der Waals surface area contributed by atoms with Crippen LogP contribution in [0.4, 0.5) is 5.69 Å². The number of imidazole rings is 1. The predicted molar refractivity (Wildman–Crippen MR) is 74.6 cm³/mol. The van der Waals surface area contributed by atoms with Gasteiger partial charge in [-0.3, -0.25) is 14.5 Å². The van der Waals surface area contributed by atoms with Crippen molar-refractivity contribution in [2.75, 3.05) is 4.90 Å². The van der Waals surface area contributed by atoms with Gasteiger partial charge in [0.1, 0.15) is 5.82 Å². The van der Waals surface area contributed by atoms with Gasteiger partial charge in [0.15, 0.2) is 0 Å². The van der Waals surface area contributed by atoms with Gasteiger partial charge in [0, 0.05) is 19.4 Å². The second kappa shape index (κ2) is 4.30. The van der Waals surface area contributed by atoms with Gasteiger partial charge in [0.25, 0.3) is 11.7 Å². The molecule has 3 rings (SSSR count). The number of carbonyl (C=O) groups excluding carboxylic acids is 2. The van der Waals surface area contributed by atoms with Crippen LogP contribution in [0.5, 0.6) is 0 Å². The molecule has 0 radical (unpaired) electrons. The maximum atomic E-state index is 12.2. The Labute approximate surface area is 116 Å². The summed E-state index contributed by atoms with van der Waals surface area (Å²) in [5.74, 6) is -0.143.